The fourth-order valence-corrected chi connectivity index (χ4v) is 4.40. The summed E-state index contributed by atoms with van der Waals surface area (Å²) in [4.78, 5) is 4.08. The van der Waals surface area contributed by atoms with Gasteiger partial charge in [0.05, 0.1) is 33.7 Å². The normalized spacial score (nSPS) is 35.2. The van der Waals surface area contributed by atoms with Crippen LogP contribution in [0.2, 0.25) is 0 Å². The molecule has 0 saturated carbocycles. The van der Waals surface area contributed by atoms with Crippen LogP contribution in [0.4, 0.5) is 4.39 Å². The molecule has 0 aromatic carbocycles. The highest BCUT2D eigenvalue weighted by molar-refractivity contribution is 7.11. The molecule has 3 aliphatic heterocycles. The minimum absolute atomic E-state index is 0.175. The SMILES string of the molecule is CC1(C)OB2OC1(C)CC(/C=C(\F)c1ccc(C#N)cn1)C1(C)OB2OC1(C)C. The minimum atomic E-state index is -0.797. The maximum Gasteiger partial charge on any atom is 0.489 e. The average Bonchev–Trinajstić information content (AvgIpc) is 3.04. The van der Waals surface area contributed by atoms with Crippen molar-refractivity contribution in [1.82, 2.24) is 4.98 Å². The first kappa shape index (κ1) is 20.5. The molecule has 4 bridgehead atoms. The molecule has 0 N–H and O–H groups in total. The monoisotopic (exact) mass is 398 g/mol. The Balaban J connectivity index is 1.77. The summed E-state index contributed by atoms with van der Waals surface area (Å²) in [6.45, 7) is 11.8. The number of rotatable bonds is 2. The summed E-state index contributed by atoms with van der Waals surface area (Å²) in [6.07, 6.45) is 3.39. The van der Waals surface area contributed by atoms with Gasteiger partial charge in [-0.25, -0.2) is 4.39 Å². The maximum atomic E-state index is 15.2. The number of fused-ring (bicyclic) bond motifs is 5. The molecule has 3 saturated heterocycles. The van der Waals surface area contributed by atoms with E-state index in [-0.39, 0.29) is 11.6 Å². The second-order valence-corrected chi connectivity index (χ2v) is 9.44. The van der Waals surface area contributed by atoms with Gasteiger partial charge in [0, 0.05) is 12.1 Å². The van der Waals surface area contributed by atoms with E-state index in [1.807, 2.05) is 47.6 Å². The molecule has 0 amide bonds. The second kappa shape index (κ2) is 6.39. The number of hydrogen-bond donors (Lipinski definition) is 0. The maximum absolute atomic E-state index is 15.2. The third-order valence-electron chi connectivity index (χ3n) is 7.05. The first-order chi connectivity index (χ1) is 13.4. The Kier molecular flexibility index (Phi) is 4.53. The van der Waals surface area contributed by atoms with Crippen LogP contribution in [0.1, 0.15) is 59.2 Å². The van der Waals surface area contributed by atoms with Gasteiger partial charge >= 0.3 is 14.0 Å². The summed E-state index contributed by atoms with van der Waals surface area (Å²) in [5.41, 5.74) is -2.17. The molecule has 6 nitrogen and oxygen atoms in total. The Morgan fingerprint density at radius 2 is 1.76 bits per heavy atom. The lowest BCUT2D eigenvalue weighted by Gasteiger charge is -2.46. The van der Waals surface area contributed by atoms with E-state index in [1.54, 1.807) is 12.1 Å². The molecular formula is C20H25B2FN2O4. The molecule has 3 atom stereocenters. The van der Waals surface area contributed by atoms with Gasteiger partial charge in [-0.15, -0.1) is 0 Å². The van der Waals surface area contributed by atoms with Crippen molar-refractivity contribution in [2.75, 3.05) is 0 Å². The van der Waals surface area contributed by atoms with Crippen LogP contribution in [0.5, 0.6) is 0 Å². The minimum Gasteiger partial charge on any atom is -0.405 e. The van der Waals surface area contributed by atoms with Gasteiger partial charge < -0.3 is 18.6 Å². The number of nitriles is 1. The molecule has 29 heavy (non-hydrogen) atoms. The van der Waals surface area contributed by atoms with Crippen LogP contribution < -0.4 is 0 Å². The number of hydrogen-bond acceptors (Lipinski definition) is 6. The molecule has 0 aliphatic carbocycles. The lowest BCUT2D eigenvalue weighted by Crippen LogP contribution is -2.55. The van der Waals surface area contributed by atoms with Crippen molar-refractivity contribution >= 4 is 19.8 Å². The predicted molar refractivity (Wildman–Crippen MR) is 107 cm³/mol. The molecule has 4 heterocycles. The molecule has 3 fully saturated rings. The largest absolute Gasteiger partial charge is 0.489 e. The van der Waals surface area contributed by atoms with Gasteiger partial charge in [-0.05, 0) is 66.2 Å². The smallest absolute Gasteiger partial charge is 0.405 e. The second-order valence-electron chi connectivity index (χ2n) is 9.44. The third kappa shape index (κ3) is 3.05. The fraction of sp³-hybridized carbons (Fsp3) is 0.600. The first-order valence-electron chi connectivity index (χ1n) is 9.86. The van der Waals surface area contributed by atoms with Gasteiger partial charge in [-0.2, -0.15) is 5.26 Å². The molecule has 152 valence electrons. The number of nitrogens with zero attached hydrogens (tertiary/aromatic N) is 2. The molecular weight excluding hydrogens is 373 g/mol. The van der Waals surface area contributed by atoms with Crippen molar-refractivity contribution in [3.8, 4) is 6.07 Å². The Morgan fingerprint density at radius 3 is 2.38 bits per heavy atom. The number of aromatic nitrogens is 1. The van der Waals surface area contributed by atoms with Crippen molar-refractivity contribution in [1.29, 1.82) is 5.26 Å². The van der Waals surface area contributed by atoms with Crippen molar-refractivity contribution in [2.45, 2.75) is 70.4 Å². The number of pyridine rings is 1. The Labute approximate surface area is 171 Å². The zero-order valence-corrected chi connectivity index (χ0v) is 17.7. The van der Waals surface area contributed by atoms with Gasteiger partial charge in [-0.1, -0.05) is 0 Å². The van der Waals surface area contributed by atoms with E-state index < -0.39 is 42.2 Å². The van der Waals surface area contributed by atoms with E-state index in [0.29, 0.717) is 12.0 Å². The fourth-order valence-electron chi connectivity index (χ4n) is 4.40. The summed E-state index contributed by atoms with van der Waals surface area (Å²) < 4.78 is 40.1. The first-order valence-corrected chi connectivity index (χ1v) is 9.86. The van der Waals surface area contributed by atoms with E-state index in [2.05, 4.69) is 4.98 Å². The van der Waals surface area contributed by atoms with E-state index in [4.69, 9.17) is 23.9 Å². The predicted octanol–water partition coefficient (Wildman–Crippen LogP) is 3.51. The molecule has 3 unspecified atom stereocenters. The molecule has 0 spiro atoms. The van der Waals surface area contributed by atoms with Gasteiger partial charge in [0.15, 0.2) is 0 Å². The quantitative estimate of drug-likeness (QED) is 0.711. The molecule has 4 rings (SSSR count). The van der Waals surface area contributed by atoms with Crippen molar-refractivity contribution in [3.63, 3.8) is 0 Å². The van der Waals surface area contributed by atoms with Crippen molar-refractivity contribution in [2.24, 2.45) is 5.92 Å². The van der Waals surface area contributed by atoms with Crippen LogP contribution in [0.15, 0.2) is 24.4 Å². The van der Waals surface area contributed by atoms with Crippen LogP contribution in [0.25, 0.3) is 5.83 Å². The molecule has 3 aliphatic rings. The van der Waals surface area contributed by atoms with Crippen LogP contribution >= 0.6 is 0 Å². The highest BCUT2D eigenvalue weighted by atomic mass is 19.1. The standard InChI is InChI=1S/C20H25B2FN2O4/c1-17(2)19(5)10-14(9-15(23)16-8-7-13(11-24)12-25-16)20(6)18(3,4)27-22(29-20)21(26-17)28-19/h7-9,12,14H,10H2,1-6H3/b15-9-. The Hall–Kier alpha value is -1.72. The highest BCUT2D eigenvalue weighted by Crippen LogP contribution is 2.54. The van der Waals surface area contributed by atoms with Gasteiger partial charge in [0.25, 0.3) is 0 Å². The molecule has 1 aromatic heterocycles. The van der Waals surface area contributed by atoms with Crippen LogP contribution in [0, 0.1) is 17.2 Å². The van der Waals surface area contributed by atoms with Crippen LogP contribution in [-0.4, -0.2) is 41.4 Å². The van der Waals surface area contributed by atoms with Gasteiger partial charge in [-0.3, -0.25) is 4.98 Å². The zero-order chi connectivity index (χ0) is 21.2. The van der Waals surface area contributed by atoms with Crippen LogP contribution in [0.3, 0.4) is 0 Å². The van der Waals surface area contributed by atoms with E-state index in [0.717, 1.165) is 0 Å². The van der Waals surface area contributed by atoms with E-state index >= 15 is 4.39 Å². The molecule has 1 aromatic rings. The Bertz CT molecular complexity index is 901. The summed E-state index contributed by atoms with van der Waals surface area (Å²) in [5, 5.41) is 8.93. The number of halogens is 1. The third-order valence-corrected chi connectivity index (χ3v) is 7.05. The lowest BCUT2D eigenvalue weighted by atomic mass is 9.49. The van der Waals surface area contributed by atoms with Gasteiger partial charge in [0.1, 0.15) is 11.9 Å². The Morgan fingerprint density at radius 1 is 1.10 bits per heavy atom. The summed E-state index contributed by atoms with van der Waals surface area (Å²) in [5.74, 6) is -0.840. The highest BCUT2D eigenvalue weighted by Gasteiger charge is 2.70. The summed E-state index contributed by atoms with van der Waals surface area (Å²) in [6, 6.07) is 5.04. The van der Waals surface area contributed by atoms with Gasteiger partial charge in [0.2, 0.25) is 0 Å². The molecule has 9 heteroatoms. The summed E-state index contributed by atoms with van der Waals surface area (Å²) >= 11 is 0. The van der Waals surface area contributed by atoms with E-state index in [9.17, 15) is 0 Å². The van der Waals surface area contributed by atoms with E-state index in [1.165, 1.54) is 12.3 Å². The topological polar surface area (TPSA) is 73.6 Å². The van der Waals surface area contributed by atoms with Crippen molar-refractivity contribution in [3.05, 3.63) is 35.7 Å². The van der Waals surface area contributed by atoms with Crippen LogP contribution in [-0.2, 0) is 18.6 Å². The lowest BCUT2D eigenvalue weighted by molar-refractivity contribution is -0.0817. The van der Waals surface area contributed by atoms with Crippen molar-refractivity contribution < 1.29 is 23.0 Å². The molecule has 0 radical (unpaired) electrons. The summed E-state index contributed by atoms with van der Waals surface area (Å²) in [7, 11) is -1.32. The zero-order valence-electron chi connectivity index (χ0n) is 17.7. The average molecular weight is 398 g/mol.